The zero-order valence-electron chi connectivity index (χ0n) is 19.5. The maximum atomic E-state index is 13.1. The summed E-state index contributed by atoms with van der Waals surface area (Å²) in [7, 11) is 1.74. The van der Waals surface area contributed by atoms with E-state index in [1.165, 1.54) is 0 Å². The van der Waals surface area contributed by atoms with Crippen LogP contribution in [-0.2, 0) is 19.1 Å². The highest BCUT2D eigenvalue weighted by molar-refractivity contribution is 6.08. The fourth-order valence-electron chi connectivity index (χ4n) is 5.90. The van der Waals surface area contributed by atoms with E-state index < -0.39 is 24.1 Å². The fraction of sp³-hybridized carbons (Fsp3) is 0.826. The molecule has 2 aliphatic carbocycles. The SMILES string of the molecule is CC1CCC(N(C)C(=O)COC(=O)CN2C(=O)NC3(CC(C)CC(C)(C)C3)C2=O)CC1. The lowest BCUT2D eigenvalue weighted by molar-refractivity contribution is -0.154. The molecule has 174 valence electrons. The largest absolute Gasteiger partial charge is 0.454 e. The van der Waals surface area contributed by atoms with Gasteiger partial charge in [-0.15, -0.1) is 0 Å². The number of hydrogen-bond acceptors (Lipinski definition) is 5. The van der Waals surface area contributed by atoms with E-state index >= 15 is 0 Å². The van der Waals surface area contributed by atoms with Crippen LogP contribution in [0.5, 0.6) is 0 Å². The van der Waals surface area contributed by atoms with E-state index in [4.69, 9.17) is 4.74 Å². The topological polar surface area (TPSA) is 96.0 Å². The van der Waals surface area contributed by atoms with Gasteiger partial charge in [0.2, 0.25) is 0 Å². The Balaban J connectivity index is 1.53. The number of nitrogens with one attached hydrogen (secondary N) is 1. The Morgan fingerprint density at radius 3 is 2.35 bits per heavy atom. The van der Waals surface area contributed by atoms with Crippen molar-refractivity contribution < 1.29 is 23.9 Å². The molecule has 1 heterocycles. The number of imide groups is 1. The van der Waals surface area contributed by atoms with Crippen molar-refractivity contribution in [3.8, 4) is 0 Å². The standard InChI is InChI=1S/C23H37N3O5/c1-15-6-8-17(9-7-15)25(5)18(27)13-31-19(28)12-26-20(29)23(24-21(26)30)11-16(2)10-22(3,4)14-23/h15-17H,6-14H2,1-5H3,(H,24,30). The molecule has 4 amide bonds. The molecule has 0 radical (unpaired) electrons. The molecule has 2 atom stereocenters. The summed E-state index contributed by atoms with van der Waals surface area (Å²) in [5.41, 5.74) is -1.03. The first kappa shape index (κ1) is 23.5. The Bertz CT molecular complexity index is 743. The lowest BCUT2D eigenvalue weighted by atomic mass is 9.64. The Kier molecular flexibility index (Phi) is 6.67. The highest BCUT2D eigenvalue weighted by atomic mass is 16.5. The Morgan fingerprint density at radius 2 is 1.74 bits per heavy atom. The molecule has 1 saturated heterocycles. The first-order chi connectivity index (χ1) is 14.4. The van der Waals surface area contributed by atoms with Crippen LogP contribution in [0.1, 0.15) is 72.6 Å². The Hall–Kier alpha value is -2.12. The van der Waals surface area contributed by atoms with E-state index in [0.29, 0.717) is 18.8 Å². The summed E-state index contributed by atoms with van der Waals surface area (Å²) in [6.45, 7) is 7.63. The summed E-state index contributed by atoms with van der Waals surface area (Å²) in [4.78, 5) is 53.0. The van der Waals surface area contributed by atoms with Gasteiger partial charge in [-0.1, -0.05) is 27.7 Å². The van der Waals surface area contributed by atoms with Crippen molar-refractivity contribution in [2.24, 2.45) is 17.3 Å². The quantitative estimate of drug-likeness (QED) is 0.529. The van der Waals surface area contributed by atoms with Gasteiger partial charge in [0.25, 0.3) is 11.8 Å². The van der Waals surface area contributed by atoms with Gasteiger partial charge in [-0.05, 0) is 62.2 Å². The van der Waals surface area contributed by atoms with Gasteiger partial charge in [-0.3, -0.25) is 19.3 Å². The van der Waals surface area contributed by atoms with Crippen LogP contribution in [0, 0.1) is 17.3 Å². The maximum Gasteiger partial charge on any atom is 0.326 e. The summed E-state index contributed by atoms with van der Waals surface area (Å²) in [5, 5.41) is 2.84. The lowest BCUT2D eigenvalue weighted by Gasteiger charge is -2.43. The van der Waals surface area contributed by atoms with Crippen LogP contribution in [0.15, 0.2) is 0 Å². The second-order valence-corrected chi connectivity index (χ2v) is 10.8. The monoisotopic (exact) mass is 435 g/mol. The van der Waals surface area contributed by atoms with Gasteiger partial charge >= 0.3 is 12.0 Å². The summed E-state index contributed by atoms with van der Waals surface area (Å²) in [5.74, 6) is -0.403. The number of hydrogen-bond donors (Lipinski definition) is 1. The molecule has 2 unspecified atom stereocenters. The van der Waals surface area contributed by atoms with Crippen LogP contribution >= 0.6 is 0 Å². The molecule has 1 N–H and O–H groups in total. The van der Waals surface area contributed by atoms with Gasteiger partial charge in [-0.2, -0.15) is 0 Å². The van der Waals surface area contributed by atoms with E-state index in [0.717, 1.165) is 37.0 Å². The molecule has 31 heavy (non-hydrogen) atoms. The average Bonchev–Trinajstić information content (AvgIpc) is 2.87. The van der Waals surface area contributed by atoms with E-state index in [-0.39, 0.29) is 35.8 Å². The highest BCUT2D eigenvalue weighted by Crippen LogP contribution is 2.46. The van der Waals surface area contributed by atoms with Crippen molar-refractivity contribution in [1.82, 2.24) is 15.1 Å². The number of rotatable bonds is 5. The van der Waals surface area contributed by atoms with Gasteiger partial charge < -0.3 is 15.0 Å². The smallest absolute Gasteiger partial charge is 0.326 e. The molecule has 0 aromatic rings. The number of carbonyl (C=O) groups is 4. The predicted octanol–water partition coefficient (Wildman–Crippen LogP) is 2.70. The maximum absolute atomic E-state index is 13.1. The molecule has 3 rings (SSSR count). The van der Waals surface area contributed by atoms with E-state index in [2.05, 4.69) is 33.0 Å². The van der Waals surface area contributed by atoms with E-state index in [1.807, 2.05) is 0 Å². The molecule has 0 aromatic heterocycles. The van der Waals surface area contributed by atoms with Gasteiger partial charge in [-0.25, -0.2) is 4.79 Å². The molecular weight excluding hydrogens is 398 g/mol. The second-order valence-electron chi connectivity index (χ2n) is 10.8. The minimum Gasteiger partial charge on any atom is -0.454 e. The van der Waals surface area contributed by atoms with Crippen molar-refractivity contribution in [3.05, 3.63) is 0 Å². The molecule has 2 saturated carbocycles. The van der Waals surface area contributed by atoms with Gasteiger partial charge in [0.15, 0.2) is 6.61 Å². The molecule has 0 aromatic carbocycles. The normalized spacial score (nSPS) is 32.7. The molecular formula is C23H37N3O5. The third kappa shape index (κ3) is 5.21. The minimum absolute atomic E-state index is 0.0783. The van der Waals surface area contributed by atoms with Gasteiger partial charge in [0.05, 0.1) is 0 Å². The van der Waals surface area contributed by atoms with E-state index in [9.17, 15) is 19.2 Å². The van der Waals surface area contributed by atoms with Crippen LogP contribution in [0.4, 0.5) is 4.79 Å². The Labute approximate surface area is 185 Å². The molecule has 8 nitrogen and oxygen atoms in total. The zero-order chi connectivity index (χ0) is 23.0. The summed E-state index contributed by atoms with van der Waals surface area (Å²) < 4.78 is 5.13. The molecule has 3 aliphatic rings. The second kappa shape index (κ2) is 8.79. The fourth-order valence-corrected chi connectivity index (χ4v) is 5.90. The molecule has 3 fully saturated rings. The van der Waals surface area contributed by atoms with Gasteiger partial charge in [0, 0.05) is 13.1 Å². The molecule has 8 heteroatoms. The Morgan fingerprint density at radius 1 is 1.10 bits per heavy atom. The molecule has 0 bridgehead atoms. The number of urea groups is 1. The third-order valence-electron chi connectivity index (χ3n) is 7.19. The lowest BCUT2D eigenvalue weighted by Crippen LogP contribution is -2.54. The van der Waals surface area contributed by atoms with Crippen LogP contribution in [0.3, 0.4) is 0 Å². The predicted molar refractivity (Wildman–Crippen MR) is 115 cm³/mol. The van der Waals surface area contributed by atoms with Crippen LogP contribution < -0.4 is 5.32 Å². The summed E-state index contributed by atoms with van der Waals surface area (Å²) in [6.07, 6.45) is 6.18. The summed E-state index contributed by atoms with van der Waals surface area (Å²) >= 11 is 0. The number of carbonyl (C=O) groups excluding carboxylic acids is 4. The minimum atomic E-state index is -0.952. The molecule has 1 aliphatic heterocycles. The number of likely N-dealkylation sites (N-methyl/N-ethyl adjacent to an activating group) is 1. The van der Waals surface area contributed by atoms with Crippen molar-refractivity contribution in [2.75, 3.05) is 20.2 Å². The zero-order valence-corrected chi connectivity index (χ0v) is 19.5. The number of esters is 1. The number of ether oxygens (including phenoxy) is 1. The van der Waals surface area contributed by atoms with Crippen LogP contribution in [0.2, 0.25) is 0 Å². The average molecular weight is 436 g/mol. The van der Waals surface area contributed by atoms with Crippen molar-refractivity contribution >= 4 is 23.8 Å². The van der Waals surface area contributed by atoms with Crippen molar-refractivity contribution in [2.45, 2.75) is 84.2 Å². The van der Waals surface area contributed by atoms with Gasteiger partial charge in [0.1, 0.15) is 12.1 Å². The van der Waals surface area contributed by atoms with Crippen LogP contribution in [0.25, 0.3) is 0 Å². The van der Waals surface area contributed by atoms with Crippen molar-refractivity contribution in [3.63, 3.8) is 0 Å². The van der Waals surface area contributed by atoms with Crippen LogP contribution in [-0.4, -0.2) is 65.4 Å². The van der Waals surface area contributed by atoms with E-state index in [1.54, 1.807) is 11.9 Å². The first-order valence-corrected chi connectivity index (χ1v) is 11.5. The number of nitrogens with zero attached hydrogens (tertiary/aromatic N) is 2. The van der Waals surface area contributed by atoms with Crippen molar-refractivity contribution in [1.29, 1.82) is 0 Å². The summed E-state index contributed by atoms with van der Waals surface area (Å²) in [6, 6.07) is -0.392. The third-order valence-corrected chi connectivity index (χ3v) is 7.19. The highest BCUT2D eigenvalue weighted by Gasteiger charge is 2.56. The molecule has 1 spiro atoms. The number of amides is 4. The first-order valence-electron chi connectivity index (χ1n) is 11.5.